The third-order valence-corrected chi connectivity index (χ3v) is 3.41. The number of amides is 1. The fourth-order valence-electron chi connectivity index (χ4n) is 2.35. The summed E-state index contributed by atoms with van der Waals surface area (Å²) in [6, 6.07) is 0. The standard InChI is InChI=1S/C13H22N2O2/c16-13(11-12-3-1-2-4-12)14-5-6-15-7-9-17-10-8-15/h1,3,12H,2,4-11H2,(H,14,16). The van der Waals surface area contributed by atoms with Gasteiger partial charge in [0, 0.05) is 32.6 Å². The van der Waals surface area contributed by atoms with Crippen molar-refractivity contribution in [2.75, 3.05) is 39.4 Å². The molecule has 0 aromatic carbocycles. The van der Waals surface area contributed by atoms with Crippen LogP contribution in [0.15, 0.2) is 12.2 Å². The first-order chi connectivity index (χ1) is 8.34. The van der Waals surface area contributed by atoms with Gasteiger partial charge in [0.15, 0.2) is 0 Å². The van der Waals surface area contributed by atoms with E-state index in [4.69, 9.17) is 4.74 Å². The molecule has 1 aliphatic carbocycles. The van der Waals surface area contributed by atoms with E-state index in [0.717, 1.165) is 52.2 Å². The summed E-state index contributed by atoms with van der Waals surface area (Å²) in [6.45, 7) is 5.31. The number of carbonyl (C=O) groups excluding carboxylic acids is 1. The summed E-state index contributed by atoms with van der Waals surface area (Å²) in [5.41, 5.74) is 0. The van der Waals surface area contributed by atoms with Crippen LogP contribution >= 0.6 is 0 Å². The molecular weight excluding hydrogens is 216 g/mol. The number of carbonyl (C=O) groups is 1. The molecule has 17 heavy (non-hydrogen) atoms. The largest absolute Gasteiger partial charge is 0.379 e. The maximum Gasteiger partial charge on any atom is 0.220 e. The zero-order valence-electron chi connectivity index (χ0n) is 10.4. The van der Waals surface area contributed by atoms with Crippen LogP contribution in [-0.2, 0) is 9.53 Å². The van der Waals surface area contributed by atoms with Gasteiger partial charge >= 0.3 is 0 Å². The third-order valence-electron chi connectivity index (χ3n) is 3.41. The number of nitrogens with zero attached hydrogens (tertiary/aromatic N) is 1. The Labute approximate surface area is 103 Å². The topological polar surface area (TPSA) is 41.6 Å². The molecule has 1 atom stereocenters. The van der Waals surface area contributed by atoms with Crippen LogP contribution in [0.3, 0.4) is 0 Å². The number of hydrogen-bond acceptors (Lipinski definition) is 3. The minimum Gasteiger partial charge on any atom is -0.379 e. The van der Waals surface area contributed by atoms with Crippen LogP contribution in [0.4, 0.5) is 0 Å². The van der Waals surface area contributed by atoms with Crippen molar-refractivity contribution in [3.63, 3.8) is 0 Å². The maximum absolute atomic E-state index is 11.7. The van der Waals surface area contributed by atoms with E-state index in [1.165, 1.54) is 0 Å². The summed E-state index contributed by atoms with van der Waals surface area (Å²) in [6.07, 6.45) is 7.26. The average Bonchev–Trinajstić information content (AvgIpc) is 2.83. The molecule has 1 saturated heterocycles. The Hall–Kier alpha value is -0.870. The molecule has 0 radical (unpaired) electrons. The second kappa shape index (κ2) is 6.77. The number of allylic oxidation sites excluding steroid dienone is 2. The maximum atomic E-state index is 11.7. The van der Waals surface area contributed by atoms with Gasteiger partial charge in [-0.2, -0.15) is 0 Å². The van der Waals surface area contributed by atoms with Crippen molar-refractivity contribution in [1.82, 2.24) is 10.2 Å². The molecule has 0 bridgehead atoms. The lowest BCUT2D eigenvalue weighted by atomic mass is 10.1. The summed E-state index contributed by atoms with van der Waals surface area (Å²) < 4.78 is 5.28. The molecule has 0 aromatic heterocycles. The van der Waals surface area contributed by atoms with Crippen molar-refractivity contribution in [2.24, 2.45) is 5.92 Å². The predicted octanol–water partition coefficient (Wildman–Crippen LogP) is 0.791. The molecule has 0 aromatic rings. The van der Waals surface area contributed by atoms with Crippen molar-refractivity contribution in [3.8, 4) is 0 Å². The molecule has 1 amide bonds. The van der Waals surface area contributed by atoms with Gasteiger partial charge in [0.2, 0.25) is 5.91 Å². The van der Waals surface area contributed by atoms with E-state index >= 15 is 0 Å². The van der Waals surface area contributed by atoms with Crippen LogP contribution < -0.4 is 5.32 Å². The van der Waals surface area contributed by atoms with Crippen molar-refractivity contribution < 1.29 is 9.53 Å². The fraction of sp³-hybridized carbons (Fsp3) is 0.769. The van der Waals surface area contributed by atoms with Crippen molar-refractivity contribution in [3.05, 3.63) is 12.2 Å². The van der Waals surface area contributed by atoms with Crippen LogP contribution in [-0.4, -0.2) is 50.2 Å². The van der Waals surface area contributed by atoms with Gasteiger partial charge in [0.05, 0.1) is 13.2 Å². The highest BCUT2D eigenvalue weighted by Crippen LogP contribution is 2.19. The third kappa shape index (κ3) is 4.48. The first kappa shape index (κ1) is 12.6. The van der Waals surface area contributed by atoms with Gasteiger partial charge < -0.3 is 10.1 Å². The number of hydrogen-bond donors (Lipinski definition) is 1. The molecule has 1 N–H and O–H groups in total. The second-order valence-corrected chi connectivity index (χ2v) is 4.77. The minimum absolute atomic E-state index is 0.190. The van der Waals surface area contributed by atoms with Crippen LogP contribution in [0.5, 0.6) is 0 Å². The summed E-state index contributed by atoms with van der Waals surface area (Å²) in [5, 5.41) is 3.00. The fourth-order valence-corrected chi connectivity index (χ4v) is 2.35. The summed E-state index contributed by atoms with van der Waals surface area (Å²) in [5.74, 6) is 0.660. The number of nitrogens with one attached hydrogen (secondary N) is 1. The molecule has 0 saturated carbocycles. The molecule has 2 aliphatic rings. The molecule has 4 heteroatoms. The molecule has 1 heterocycles. The molecular formula is C13H22N2O2. The van der Waals surface area contributed by atoms with E-state index in [-0.39, 0.29) is 5.91 Å². The first-order valence-corrected chi connectivity index (χ1v) is 6.58. The van der Waals surface area contributed by atoms with Crippen LogP contribution in [0.25, 0.3) is 0 Å². The molecule has 4 nitrogen and oxygen atoms in total. The van der Waals surface area contributed by atoms with Crippen LogP contribution in [0.2, 0.25) is 0 Å². The second-order valence-electron chi connectivity index (χ2n) is 4.77. The van der Waals surface area contributed by atoms with Crippen LogP contribution in [0.1, 0.15) is 19.3 Å². The van der Waals surface area contributed by atoms with Crippen molar-refractivity contribution in [1.29, 1.82) is 0 Å². The van der Waals surface area contributed by atoms with Crippen molar-refractivity contribution >= 4 is 5.91 Å². The molecule has 1 aliphatic heterocycles. The molecule has 0 spiro atoms. The molecule has 2 rings (SSSR count). The Balaban J connectivity index is 1.54. The Morgan fingerprint density at radius 1 is 1.41 bits per heavy atom. The number of ether oxygens (including phenoxy) is 1. The van der Waals surface area contributed by atoms with Gasteiger partial charge in [-0.05, 0) is 18.8 Å². The van der Waals surface area contributed by atoms with E-state index in [1.807, 2.05) is 0 Å². The Kier molecular flexibility index (Phi) is 5.01. The number of morpholine rings is 1. The smallest absolute Gasteiger partial charge is 0.220 e. The minimum atomic E-state index is 0.190. The summed E-state index contributed by atoms with van der Waals surface area (Å²) in [4.78, 5) is 14.0. The normalized spacial score (nSPS) is 25.1. The van der Waals surface area contributed by atoms with Crippen molar-refractivity contribution in [2.45, 2.75) is 19.3 Å². The van der Waals surface area contributed by atoms with Gasteiger partial charge in [-0.1, -0.05) is 12.2 Å². The van der Waals surface area contributed by atoms with E-state index in [0.29, 0.717) is 12.3 Å². The van der Waals surface area contributed by atoms with E-state index < -0.39 is 0 Å². The highest BCUT2D eigenvalue weighted by molar-refractivity contribution is 5.76. The Morgan fingerprint density at radius 2 is 2.24 bits per heavy atom. The SMILES string of the molecule is O=C(CC1C=CCC1)NCCN1CCOCC1. The van der Waals surface area contributed by atoms with Gasteiger partial charge in [-0.3, -0.25) is 9.69 Å². The predicted molar refractivity (Wildman–Crippen MR) is 66.7 cm³/mol. The summed E-state index contributed by atoms with van der Waals surface area (Å²) in [7, 11) is 0. The summed E-state index contributed by atoms with van der Waals surface area (Å²) >= 11 is 0. The molecule has 96 valence electrons. The zero-order chi connectivity index (χ0) is 11.9. The lowest BCUT2D eigenvalue weighted by Gasteiger charge is -2.26. The average molecular weight is 238 g/mol. The number of rotatable bonds is 5. The molecule has 1 unspecified atom stereocenters. The lowest BCUT2D eigenvalue weighted by molar-refractivity contribution is -0.121. The lowest BCUT2D eigenvalue weighted by Crippen LogP contribution is -2.41. The highest BCUT2D eigenvalue weighted by Gasteiger charge is 2.14. The van der Waals surface area contributed by atoms with E-state index in [1.54, 1.807) is 0 Å². The Bertz CT molecular complexity index is 273. The van der Waals surface area contributed by atoms with Gasteiger partial charge in [-0.15, -0.1) is 0 Å². The highest BCUT2D eigenvalue weighted by atomic mass is 16.5. The zero-order valence-corrected chi connectivity index (χ0v) is 10.4. The van der Waals surface area contributed by atoms with Crippen LogP contribution in [0, 0.1) is 5.92 Å². The van der Waals surface area contributed by atoms with E-state index in [9.17, 15) is 4.79 Å². The monoisotopic (exact) mass is 238 g/mol. The van der Waals surface area contributed by atoms with Gasteiger partial charge in [0.25, 0.3) is 0 Å². The molecule has 1 fully saturated rings. The van der Waals surface area contributed by atoms with Gasteiger partial charge in [0.1, 0.15) is 0 Å². The quantitative estimate of drug-likeness (QED) is 0.720. The van der Waals surface area contributed by atoms with Gasteiger partial charge in [-0.25, -0.2) is 0 Å². The Morgan fingerprint density at radius 3 is 2.94 bits per heavy atom. The first-order valence-electron chi connectivity index (χ1n) is 6.58. The van der Waals surface area contributed by atoms with E-state index in [2.05, 4.69) is 22.4 Å².